The van der Waals surface area contributed by atoms with Crippen LogP contribution in [0.1, 0.15) is 27.4 Å². The summed E-state index contributed by atoms with van der Waals surface area (Å²) in [6.45, 7) is 4.46. The lowest BCUT2D eigenvalue weighted by Gasteiger charge is -2.03. The van der Waals surface area contributed by atoms with Crippen LogP contribution in [0.5, 0.6) is 0 Å². The molecule has 3 heterocycles. The highest BCUT2D eigenvalue weighted by Gasteiger charge is 2.16. The van der Waals surface area contributed by atoms with Crippen LogP contribution in [0.3, 0.4) is 0 Å². The summed E-state index contributed by atoms with van der Waals surface area (Å²) in [6, 6.07) is 5.63. The van der Waals surface area contributed by atoms with Crippen LogP contribution in [0.4, 0.5) is 0 Å². The van der Waals surface area contributed by atoms with Crippen molar-refractivity contribution < 1.29 is 4.79 Å². The molecule has 0 saturated heterocycles. The van der Waals surface area contributed by atoms with E-state index in [4.69, 9.17) is 0 Å². The molecule has 124 valence electrons. The van der Waals surface area contributed by atoms with Gasteiger partial charge in [-0.05, 0) is 38.0 Å². The highest BCUT2D eigenvalue weighted by Crippen LogP contribution is 2.25. The Labute approximate surface area is 140 Å². The standard InChI is InChI=1S/C17H20N6O/c1-11-16(12(2)23(3)22-11)14-9-15(21-20-14)17(24)19-8-6-13-5-4-7-18-10-13/h4-5,7,9-10H,6,8H2,1-3H3,(H,19,24)(H,20,21). The number of nitrogens with one attached hydrogen (secondary N) is 2. The fraction of sp³-hybridized carbons (Fsp3) is 0.294. The Morgan fingerprint density at radius 2 is 2.21 bits per heavy atom. The third kappa shape index (κ3) is 3.19. The average molecular weight is 324 g/mol. The van der Waals surface area contributed by atoms with Gasteiger partial charge in [0.1, 0.15) is 5.69 Å². The van der Waals surface area contributed by atoms with E-state index in [0.717, 1.165) is 34.6 Å². The first kappa shape index (κ1) is 15.9. The molecule has 0 spiro atoms. The number of H-pyrrole nitrogens is 1. The van der Waals surface area contributed by atoms with Crippen molar-refractivity contribution >= 4 is 5.91 Å². The van der Waals surface area contributed by atoms with Gasteiger partial charge in [-0.3, -0.25) is 19.6 Å². The summed E-state index contributed by atoms with van der Waals surface area (Å²) in [5.74, 6) is -0.170. The Bertz CT molecular complexity index is 849. The van der Waals surface area contributed by atoms with Crippen molar-refractivity contribution in [3.05, 3.63) is 53.2 Å². The van der Waals surface area contributed by atoms with Gasteiger partial charge in [0.25, 0.3) is 5.91 Å². The summed E-state index contributed by atoms with van der Waals surface area (Å²) in [5, 5.41) is 14.3. The molecule has 0 aliphatic carbocycles. The molecule has 2 N–H and O–H groups in total. The molecule has 0 unspecified atom stereocenters. The van der Waals surface area contributed by atoms with E-state index in [9.17, 15) is 4.79 Å². The second-order valence-electron chi connectivity index (χ2n) is 5.70. The van der Waals surface area contributed by atoms with Crippen LogP contribution >= 0.6 is 0 Å². The quantitative estimate of drug-likeness (QED) is 0.749. The van der Waals surface area contributed by atoms with Crippen LogP contribution in [-0.2, 0) is 13.5 Å². The van der Waals surface area contributed by atoms with E-state index in [1.54, 1.807) is 18.5 Å². The number of nitrogens with zero attached hydrogens (tertiary/aromatic N) is 4. The number of carbonyl (C=O) groups excluding carboxylic acids is 1. The molecule has 3 aromatic heterocycles. The Morgan fingerprint density at radius 3 is 2.88 bits per heavy atom. The number of amides is 1. The molecule has 0 aliphatic heterocycles. The number of carbonyl (C=O) groups is 1. The fourth-order valence-electron chi connectivity index (χ4n) is 2.67. The molecular weight excluding hydrogens is 304 g/mol. The second kappa shape index (κ2) is 6.66. The monoisotopic (exact) mass is 324 g/mol. The lowest BCUT2D eigenvalue weighted by atomic mass is 10.1. The van der Waals surface area contributed by atoms with Crippen molar-refractivity contribution in [3.63, 3.8) is 0 Å². The Hall–Kier alpha value is -2.96. The van der Waals surface area contributed by atoms with E-state index in [1.807, 2.05) is 37.7 Å². The van der Waals surface area contributed by atoms with Crippen LogP contribution in [0.2, 0.25) is 0 Å². The molecule has 3 aromatic rings. The predicted molar refractivity (Wildman–Crippen MR) is 90.5 cm³/mol. The summed E-state index contributed by atoms with van der Waals surface area (Å²) in [7, 11) is 1.89. The zero-order valence-electron chi connectivity index (χ0n) is 14.0. The molecule has 1 amide bonds. The number of aromatic nitrogens is 5. The zero-order valence-corrected chi connectivity index (χ0v) is 14.0. The number of aryl methyl sites for hydroxylation is 2. The van der Waals surface area contributed by atoms with E-state index in [-0.39, 0.29) is 5.91 Å². The minimum Gasteiger partial charge on any atom is -0.350 e. The SMILES string of the molecule is Cc1nn(C)c(C)c1-c1cc(C(=O)NCCc2cccnc2)[nH]n1. The zero-order chi connectivity index (χ0) is 17.1. The van der Waals surface area contributed by atoms with Gasteiger partial charge in [0.05, 0.1) is 11.4 Å². The topological polar surface area (TPSA) is 88.5 Å². The van der Waals surface area contributed by atoms with Crippen molar-refractivity contribution in [3.8, 4) is 11.3 Å². The minimum atomic E-state index is -0.170. The molecule has 0 saturated carbocycles. The fourth-order valence-corrected chi connectivity index (χ4v) is 2.67. The summed E-state index contributed by atoms with van der Waals surface area (Å²) in [6.07, 6.45) is 4.27. The Balaban J connectivity index is 1.66. The van der Waals surface area contributed by atoms with Crippen LogP contribution in [0.15, 0.2) is 30.6 Å². The first-order valence-corrected chi connectivity index (χ1v) is 7.79. The number of hydrogen-bond acceptors (Lipinski definition) is 4. The highest BCUT2D eigenvalue weighted by atomic mass is 16.1. The third-order valence-corrected chi connectivity index (χ3v) is 4.01. The third-order valence-electron chi connectivity index (χ3n) is 4.01. The van der Waals surface area contributed by atoms with Gasteiger partial charge in [0.2, 0.25) is 0 Å². The maximum Gasteiger partial charge on any atom is 0.269 e. The maximum absolute atomic E-state index is 12.2. The van der Waals surface area contributed by atoms with Crippen molar-refractivity contribution in [1.29, 1.82) is 0 Å². The van der Waals surface area contributed by atoms with Gasteiger partial charge in [-0.25, -0.2) is 0 Å². The number of rotatable bonds is 5. The van der Waals surface area contributed by atoms with Gasteiger partial charge in [0.15, 0.2) is 0 Å². The predicted octanol–water partition coefficient (Wildman–Crippen LogP) is 1.79. The summed E-state index contributed by atoms with van der Waals surface area (Å²) in [5.41, 5.74) is 5.13. The van der Waals surface area contributed by atoms with E-state index in [2.05, 4.69) is 25.6 Å². The molecule has 7 heteroatoms. The Kier molecular flexibility index (Phi) is 4.41. The van der Waals surface area contributed by atoms with E-state index < -0.39 is 0 Å². The van der Waals surface area contributed by atoms with Crippen molar-refractivity contribution in [1.82, 2.24) is 30.3 Å². The van der Waals surface area contributed by atoms with Gasteiger partial charge in [-0.1, -0.05) is 6.07 Å². The van der Waals surface area contributed by atoms with Gasteiger partial charge in [-0.2, -0.15) is 10.2 Å². The van der Waals surface area contributed by atoms with Crippen LogP contribution in [-0.4, -0.2) is 37.4 Å². The smallest absolute Gasteiger partial charge is 0.269 e. The molecule has 0 fully saturated rings. The maximum atomic E-state index is 12.2. The molecule has 24 heavy (non-hydrogen) atoms. The molecule has 0 atom stereocenters. The number of hydrogen-bond donors (Lipinski definition) is 2. The van der Waals surface area contributed by atoms with Gasteiger partial charge in [-0.15, -0.1) is 0 Å². The van der Waals surface area contributed by atoms with Crippen molar-refractivity contribution in [2.75, 3.05) is 6.54 Å². The average Bonchev–Trinajstić information content (AvgIpc) is 3.14. The molecule has 3 rings (SSSR count). The van der Waals surface area contributed by atoms with E-state index >= 15 is 0 Å². The molecular formula is C17H20N6O. The molecule has 0 aliphatic rings. The number of aromatic amines is 1. The van der Waals surface area contributed by atoms with Crippen LogP contribution in [0, 0.1) is 13.8 Å². The molecule has 0 aromatic carbocycles. The first-order valence-electron chi connectivity index (χ1n) is 7.79. The summed E-state index contributed by atoms with van der Waals surface area (Å²) < 4.78 is 1.81. The molecule has 7 nitrogen and oxygen atoms in total. The second-order valence-corrected chi connectivity index (χ2v) is 5.70. The first-order chi connectivity index (χ1) is 11.6. The Morgan fingerprint density at radius 1 is 1.38 bits per heavy atom. The van der Waals surface area contributed by atoms with Crippen molar-refractivity contribution in [2.45, 2.75) is 20.3 Å². The van der Waals surface area contributed by atoms with E-state index in [0.29, 0.717) is 12.2 Å². The number of pyridine rings is 1. The van der Waals surface area contributed by atoms with Crippen molar-refractivity contribution in [2.24, 2.45) is 7.05 Å². The largest absolute Gasteiger partial charge is 0.350 e. The van der Waals surface area contributed by atoms with Crippen LogP contribution in [0.25, 0.3) is 11.3 Å². The lowest BCUT2D eigenvalue weighted by molar-refractivity contribution is 0.0949. The summed E-state index contributed by atoms with van der Waals surface area (Å²) in [4.78, 5) is 16.3. The lowest BCUT2D eigenvalue weighted by Crippen LogP contribution is -2.26. The normalized spacial score (nSPS) is 10.8. The van der Waals surface area contributed by atoms with Crippen LogP contribution < -0.4 is 5.32 Å². The summed E-state index contributed by atoms with van der Waals surface area (Å²) >= 11 is 0. The molecule has 0 bridgehead atoms. The van der Waals surface area contributed by atoms with Gasteiger partial charge < -0.3 is 5.32 Å². The van der Waals surface area contributed by atoms with E-state index in [1.165, 1.54) is 0 Å². The van der Waals surface area contributed by atoms with Gasteiger partial charge >= 0.3 is 0 Å². The molecule has 0 radical (unpaired) electrons. The highest BCUT2D eigenvalue weighted by molar-refractivity contribution is 5.93. The minimum absolute atomic E-state index is 0.170. The van der Waals surface area contributed by atoms with Gasteiger partial charge in [0, 0.05) is 37.2 Å².